The van der Waals surface area contributed by atoms with Crippen molar-refractivity contribution in [3.05, 3.63) is 69.6 Å². The van der Waals surface area contributed by atoms with Crippen LogP contribution in [0.5, 0.6) is 5.75 Å². The van der Waals surface area contributed by atoms with Gasteiger partial charge in [-0.3, -0.25) is 9.36 Å². The number of rotatable bonds is 4. The van der Waals surface area contributed by atoms with Crippen LogP contribution in [-0.2, 0) is 6.18 Å². The lowest BCUT2D eigenvalue weighted by Gasteiger charge is -2.39. The van der Waals surface area contributed by atoms with Gasteiger partial charge in [0.2, 0.25) is 0 Å². The van der Waals surface area contributed by atoms with E-state index in [1.807, 2.05) is 20.8 Å². The number of hydrogen-bond donors (Lipinski definition) is 1. The highest BCUT2D eigenvalue weighted by Crippen LogP contribution is 2.43. The van der Waals surface area contributed by atoms with Crippen molar-refractivity contribution in [2.75, 3.05) is 20.1 Å². The van der Waals surface area contributed by atoms with E-state index in [1.54, 1.807) is 30.3 Å². The SMILES string of the molecule is CCNC(=S)N(C)CC1=C(n2ccccc2=O)c2cc(C(F)(F)F)ccc2OC1(C)C. The van der Waals surface area contributed by atoms with Crippen molar-refractivity contribution in [3.63, 3.8) is 0 Å². The van der Waals surface area contributed by atoms with E-state index < -0.39 is 17.3 Å². The lowest BCUT2D eigenvalue weighted by Crippen LogP contribution is -2.45. The molecule has 1 aliphatic heterocycles. The molecule has 0 aliphatic carbocycles. The fraction of sp³-hybridized carbons (Fsp3) is 0.364. The zero-order valence-electron chi connectivity index (χ0n) is 17.7. The zero-order valence-corrected chi connectivity index (χ0v) is 18.5. The van der Waals surface area contributed by atoms with Crippen LogP contribution in [0.25, 0.3) is 5.70 Å². The molecule has 31 heavy (non-hydrogen) atoms. The Labute approximate surface area is 184 Å². The van der Waals surface area contributed by atoms with Gasteiger partial charge in [0.1, 0.15) is 11.4 Å². The average molecular weight is 452 g/mol. The van der Waals surface area contributed by atoms with Crippen molar-refractivity contribution < 1.29 is 17.9 Å². The van der Waals surface area contributed by atoms with Gasteiger partial charge in [-0.2, -0.15) is 13.2 Å². The first kappa shape index (κ1) is 22.9. The maximum atomic E-state index is 13.5. The summed E-state index contributed by atoms with van der Waals surface area (Å²) in [5.41, 5.74) is -0.849. The molecule has 9 heteroatoms. The molecule has 0 saturated heterocycles. The lowest BCUT2D eigenvalue weighted by molar-refractivity contribution is -0.137. The van der Waals surface area contributed by atoms with Crippen molar-refractivity contribution in [1.29, 1.82) is 0 Å². The summed E-state index contributed by atoms with van der Waals surface area (Å²) in [6.45, 7) is 6.44. The minimum atomic E-state index is -4.53. The third kappa shape index (κ3) is 4.61. The molecule has 0 atom stereocenters. The molecule has 0 radical (unpaired) electrons. The number of nitrogens with zero attached hydrogens (tertiary/aromatic N) is 2. The van der Waals surface area contributed by atoms with E-state index in [2.05, 4.69) is 5.32 Å². The Morgan fingerprint density at radius 3 is 2.58 bits per heavy atom. The number of ether oxygens (including phenoxy) is 1. The summed E-state index contributed by atoms with van der Waals surface area (Å²) in [7, 11) is 1.78. The Hall–Kier alpha value is -2.81. The Kier molecular flexibility index (Phi) is 6.18. The quantitative estimate of drug-likeness (QED) is 0.709. The standard InChI is InChI=1S/C22H24F3N3O2S/c1-5-26-20(31)27(4)13-16-19(28-11-7-6-8-18(28)29)15-12-14(22(23,24)25)9-10-17(15)30-21(16,2)3/h6-12H,5,13H2,1-4H3,(H,26,31). The van der Waals surface area contributed by atoms with Crippen molar-refractivity contribution in [1.82, 2.24) is 14.8 Å². The van der Waals surface area contributed by atoms with Crippen LogP contribution in [0.4, 0.5) is 13.2 Å². The molecule has 1 N–H and O–H groups in total. The number of pyridine rings is 1. The molecule has 2 aromatic rings. The largest absolute Gasteiger partial charge is 0.483 e. The van der Waals surface area contributed by atoms with E-state index in [-0.39, 0.29) is 23.4 Å². The summed E-state index contributed by atoms with van der Waals surface area (Å²) in [5, 5.41) is 3.54. The number of nitrogens with one attached hydrogen (secondary N) is 1. The number of thiocarbonyl (C=S) groups is 1. The lowest BCUT2D eigenvalue weighted by atomic mass is 9.88. The molecule has 0 bridgehead atoms. The van der Waals surface area contributed by atoms with Crippen LogP contribution in [0.1, 0.15) is 31.9 Å². The highest BCUT2D eigenvalue weighted by molar-refractivity contribution is 7.80. The molecule has 1 aromatic heterocycles. The number of likely N-dealkylation sites (N-methyl/N-ethyl adjacent to an activating group) is 1. The summed E-state index contributed by atoms with van der Waals surface area (Å²) in [4.78, 5) is 14.5. The van der Waals surface area contributed by atoms with Gasteiger partial charge in [-0.05, 0) is 57.3 Å². The fourth-order valence-electron chi connectivity index (χ4n) is 3.51. The van der Waals surface area contributed by atoms with Gasteiger partial charge < -0.3 is 15.0 Å². The van der Waals surface area contributed by atoms with Gasteiger partial charge in [0, 0.05) is 43.5 Å². The fourth-order valence-corrected chi connectivity index (χ4v) is 3.72. The summed E-state index contributed by atoms with van der Waals surface area (Å²) >= 11 is 5.38. The minimum Gasteiger partial charge on any atom is -0.483 e. The van der Waals surface area contributed by atoms with Gasteiger partial charge in [0.05, 0.1) is 11.3 Å². The molecule has 0 saturated carbocycles. The van der Waals surface area contributed by atoms with Gasteiger partial charge in [-0.15, -0.1) is 0 Å². The molecule has 166 valence electrons. The van der Waals surface area contributed by atoms with E-state index in [1.165, 1.54) is 16.7 Å². The highest BCUT2D eigenvalue weighted by atomic mass is 32.1. The third-order valence-electron chi connectivity index (χ3n) is 5.07. The highest BCUT2D eigenvalue weighted by Gasteiger charge is 2.39. The van der Waals surface area contributed by atoms with Gasteiger partial charge in [0.15, 0.2) is 5.11 Å². The maximum Gasteiger partial charge on any atom is 0.416 e. The summed E-state index contributed by atoms with van der Waals surface area (Å²) in [6.07, 6.45) is -2.98. The predicted molar refractivity (Wildman–Crippen MR) is 118 cm³/mol. The molecular weight excluding hydrogens is 427 g/mol. The molecule has 0 amide bonds. The Morgan fingerprint density at radius 2 is 1.97 bits per heavy atom. The van der Waals surface area contributed by atoms with Crippen LogP contribution in [0.3, 0.4) is 0 Å². The van der Waals surface area contributed by atoms with Gasteiger partial charge in [-0.1, -0.05) is 6.07 Å². The van der Waals surface area contributed by atoms with Gasteiger partial charge in [0.25, 0.3) is 5.56 Å². The molecule has 0 unspecified atom stereocenters. The second kappa shape index (κ2) is 8.37. The second-order valence-corrected chi connectivity index (χ2v) is 8.14. The first-order chi connectivity index (χ1) is 14.5. The zero-order chi connectivity index (χ0) is 23.0. The van der Waals surface area contributed by atoms with Crippen LogP contribution in [0.15, 0.2) is 53.0 Å². The molecule has 1 aliphatic rings. The topological polar surface area (TPSA) is 46.5 Å². The smallest absolute Gasteiger partial charge is 0.416 e. The van der Waals surface area contributed by atoms with Crippen LogP contribution >= 0.6 is 12.2 Å². The van der Waals surface area contributed by atoms with Crippen LogP contribution in [0.2, 0.25) is 0 Å². The summed E-state index contributed by atoms with van der Waals surface area (Å²) in [5.74, 6) is 0.282. The number of aromatic nitrogens is 1. The molecule has 0 fully saturated rings. The summed E-state index contributed by atoms with van der Waals surface area (Å²) < 4.78 is 47.8. The molecule has 0 spiro atoms. The number of benzene rings is 1. The number of hydrogen-bond acceptors (Lipinski definition) is 3. The first-order valence-corrected chi connectivity index (χ1v) is 10.2. The minimum absolute atomic E-state index is 0.209. The van der Waals surface area contributed by atoms with Gasteiger partial charge >= 0.3 is 6.18 Å². The van der Waals surface area contributed by atoms with Gasteiger partial charge in [-0.25, -0.2) is 0 Å². The summed E-state index contributed by atoms with van der Waals surface area (Å²) in [6, 6.07) is 7.93. The van der Waals surface area contributed by atoms with E-state index in [4.69, 9.17) is 17.0 Å². The van der Waals surface area contributed by atoms with Crippen LogP contribution in [-0.4, -0.2) is 40.3 Å². The second-order valence-electron chi connectivity index (χ2n) is 7.75. The normalized spacial score (nSPS) is 15.2. The first-order valence-electron chi connectivity index (χ1n) is 9.77. The number of fused-ring (bicyclic) bond motifs is 1. The monoisotopic (exact) mass is 451 g/mol. The Balaban J connectivity index is 2.30. The maximum absolute atomic E-state index is 13.5. The van der Waals surface area contributed by atoms with E-state index in [0.29, 0.717) is 22.9 Å². The number of alkyl halides is 3. The van der Waals surface area contributed by atoms with Crippen LogP contribution in [0, 0.1) is 0 Å². The molecule has 3 rings (SSSR count). The Bertz CT molecular complexity index is 1090. The molecule has 2 heterocycles. The van der Waals surface area contributed by atoms with Crippen molar-refractivity contribution in [3.8, 4) is 5.75 Å². The van der Waals surface area contributed by atoms with Crippen molar-refractivity contribution >= 4 is 23.0 Å². The molecule has 1 aromatic carbocycles. The van der Waals surface area contributed by atoms with Crippen LogP contribution < -0.4 is 15.6 Å². The molecule has 5 nitrogen and oxygen atoms in total. The molecular formula is C22H24F3N3O2S. The van der Waals surface area contributed by atoms with Crippen molar-refractivity contribution in [2.24, 2.45) is 0 Å². The van der Waals surface area contributed by atoms with E-state index >= 15 is 0 Å². The third-order valence-corrected chi connectivity index (χ3v) is 5.53. The predicted octanol–water partition coefficient (Wildman–Crippen LogP) is 4.12. The van der Waals surface area contributed by atoms with Crippen molar-refractivity contribution in [2.45, 2.75) is 32.5 Å². The van der Waals surface area contributed by atoms with E-state index in [9.17, 15) is 18.0 Å². The Morgan fingerprint density at radius 1 is 1.26 bits per heavy atom. The number of halogens is 3. The average Bonchev–Trinajstić information content (AvgIpc) is 2.68. The van der Waals surface area contributed by atoms with E-state index in [0.717, 1.165) is 12.1 Å².